The highest BCUT2D eigenvalue weighted by Crippen LogP contribution is 2.12. The SMILES string of the molecule is CC(O)C(NC(=O)C(Cc1ccccc1)NC(=O)C(N)CCC(=O)O)C(=O)NC(Cc1ccc(O)cc1)C(=O)O. The van der Waals surface area contributed by atoms with Gasteiger partial charge in [0.1, 0.15) is 23.9 Å². The molecule has 0 aliphatic carbocycles. The number of carbonyl (C=O) groups is 5. The number of aliphatic hydroxyl groups is 1. The highest BCUT2D eigenvalue weighted by atomic mass is 16.4. The second-order valence-electron chi connectivity index (χ2n) is 9.29. The van der Waals surface area contributed by atoms with Crippen LogP contribution in [0.3, 0.4) is 0 Å². The van der Waals surface area contributed by atoms with Crippen LogP contribution in [0.2, 0.25) is 0 Å². The standard InChI is InChI=1S/C27H34N4O9/c1-15(32)23(26(38)30-21(27(39)40)14-17-7-9-18(33)10-8-17)31-25(37)20(13-16-5-3-2-4-6-16)29-24(36)19(28)11-12-22(34)35/h2-10,15,19-21,23,32-33H,11-14,28H2,1H3,(H,29,36)(H,30,38)(H,31,37)(H,34,35)(H,39,40). The van der Waals surface area contributed by atoms with Crippen molar-refractivity contribution < 1.29 is 44.4 Å². The number of nitrogens with two attached hydrogens (primary N) is 1. The molecule has 40 heavy (non-hydrogen) atoms. The second-order valence-corrected chi connectivity index (χ2v) is 9.29. The molecule has 5 unspecified atom stereocenters. The normalized spacial score (nSPS) is 14.6. The molecule has 0 bridgehead atoms. The van der Waals surface area contributed by atoms with E-state index in [4.69, 9.17) is 10.8 Å². The number of benzene rings is 2. The summed E-state index contributed by atoms with van der Waals surface area (Å²) in [5, 5.41) is 45.3. The van der Waals surface area contributed by atoms with Crippen molar-refractivity contribution in [1.82, 2.24) is 16.0 Å². The zero-order valence-corrected chi connectivity index (χ0v) is 21.8. The molecule has 0 saturated carbocycles. The van der Waals surface area contributed by atoms with Crippen LogP contribution in [0.5, 0.6) is 5.75 Å². The van der Waals surface area contributed by atoms with Crippen LogP contribution in [-0.4, -0.2) is 80.4 Å². The number of phenols is 1. The van der Waals surface area contributed by atoms with Gasteiger partial charge in [-0.05, 0) is 36.6 Å². The number of hydrogen-bond donors (Lipinski definition) is 8. The molecule has 9 N–H and O–H groups in total. The van der Waals surface area contributed by atoms with Crippen molar-refractivity contribution in [3.05, 3.63) is 65.7 Å². The Morgan fingerprint density at radius 2 is 1.32 bits per heavy atom. The van der Waals surface area contributed by atoms with Crippen LogP contribution in [0.1, 0.15) is 30.9 Å². The van der Waals surface area contributed by atoms with E-state index in [2.05, 4.69) is 16.0 Å². The molecule has 0 radical (unpaired) electrons. The molecule has 2 aromatic carbocycles. The van der Waals surface area contributed by atoms with E-state index in [0.29, 0.717) is 11.1 Å². The Kier molecular flexibility index (Phi) is 12.0. The maximum absolute atomic E-state index is 13.2. The first kappa shape index (κ1) is 31.7. The molecule has 2 aromatic rings. The lowest BCUT2D eigenvalue weighted by molar-refractivity contribution is -0.143. The number of carboxylic acids is 2. The number of aliphatic carboxylic acids is 2. The molecule has 2 rings (SSSR count). The average Bonchev–Trinajstić information content (AvgIpc) is 2.90. The van der Waals surface area contributed by atoms with E-state index in [0.717, 1.165) is 0 Å². The van der Waals surface area contributed by atoms with Gasteiger partial charge >= 0.3 is 11.9 Å². The number of aromatic hydroxyl groups is 1. The maximum Gasteiger partial charge on any atom is 0.326 e. The highest BCUT2D eigenvalue weighted by Gasteiger charge is 2.33. The topological polar surface area (TPSA) is 228 Å². The van der Waals surface area contributed by atoms with Crippen LogP contribution in [-0.2, 0) is 36.8 Å². The highest BCUT2D eigenvalue weighted by molar-refractivity contribution is 5.94. The van der Waals surface area contributed by atoms with Crippen molar-refractivity contribution >= 4 is 29.7 Å². The number of nitrogens with one attached hydrogen (secondary N) is 3. The van der Waals surface area contributed by atoms with Crippen LogP contribution in [0.15, 0.2) is 54.6 Å². The predicted molar refractivity (Wildman–Crippen MR) is 142 cm³/mol. The van der Waals surface area contributed by atoms with Crippen molar-refractivity contribution in [2.24, 2.45) is 5.73 Å². The van der Waals surface area contributed by atoms with Crippen molar-refractivity contribution in [3.8, 4) is 5.75 Å². The summed E-state index contributed by atoms with van der Waals surface area (Å²) in [6.07, 6.45) is -2.13. The first-order chi connectivity index (χ1) is 18.9. The van der Waals surface area contributed by atoms with Gasteiger partial charge in [0, 0.05) is 19.3 Å². The lowest BCUT2D eigenvalue weighted by atomic mass is 10.0. The molecule has 0 heterocycles. The van der Waals surface area contributed by atoms with Crippen LogP contribution in [0.25, 0.3) is 0 Å². The van der Waals surface area contributed by atoms with Gasteiger partial charge in [-0.15, -0.1) is 0 Å². The van der Waals surface area contributed by atoms with E-state index >= 15 is 0 Å². The first-order valence-electron chi connectivity index (χ1n) is 12.5. The predicted octanol–water partition coefficient (Wildman–Crippen LogP) is -0.711. The number of carboxylic acid groups (broad SMARTS) is 2. The Morgan fingerprint density at radius 1 is 0.775 bits per heavy atom. The van der Waals surface area contributed by atoms with Gasteiger partial charge in [0.15, 0.2) is 0 Å². The minimum Gasteiger partial charge on any atom is -0.508 e. The van der Waals surface area contributed by atoms with E-state index in [9.17, 15) is 39.3 Å². The summed E-state index contributed by atoms with van der Waals surface area (Å²) in [7, 11) is 0. The molecule has 13 nitrogen and oxygen atoms in total. The fourth-order valence-electron chi connectivity index (χ4n) is 3.74. The van der Waals surface area contributed by atoms with Gasteiger partial charge in [-0.1, -0.05) is 42.5 Å². The number of amides is 3. The van der Waals surface area contributed by atoms with Crippen LogP contribution in [0, 0.1) is 0 Å². The van der Waals surface area contributed by atoms with Gasteiger partial charge in [-0.3, -0.25) is 19.2 Å². The van der Waals surface area contributed by atoms with Gasteiger partial charge in [-0.25, -0.2) is 4.79 Å². The molecule has 0 aromatic heterocycles. The molecular formula is C27H34N4O9. The Hall–Kier alpha value is -4.49. The van der Waals surface area contributed by atoms with Gasteiger partial charge in [-0.2, -0.15) is 0 Å². The monoisotopic (exact) mass is 558 g/mol. The summed E-state index contributed by atoms with van der Waals surface area (Å²) >= 11 is 0. The summed E-state index contributed by atoms with van der Waals surface area (Å²) in [5.74, 6) is -5.13. The second kappa shape index (κ2) is 15.2. The molecule has 3 amide bonds. The summed E-state index contributed by atoms with van der Waals surface area (Å²) in [6.45, 7) is 1.23. The molecule has 0 spiro atoms. The molecule has 0 fully saturated rings. The largest absolute Gasteiger partial charge is 0.508 e. The average molecular weight is 559 g/mol. The first-order valence-corrected chi connectivity index (χ1v) is 12.5. The third kappa shape index (κ3) is 10.3. The Labute approximate surface area is 230 Å². The minimum absolute atomic E-state index is 0.0170. The molecule has 0 saturated heterocycles. The summed E-state index contributed by atoms with van der Waals surface area (Å²) in [6, 6.07) is 8.85. The Bertz CT molecular complexity index is 1170. The van der Waals surface area contributed by atoms with E-state index in [1.807, 2.05) is 0 Å². The minimum atomic E-state index is -1.58. The zero-order chi connectivity index (χ0) is 29.8. The van der Waals surface area contributed by atoms with E-state index in [1.54, 1.807) is 30.3 Å². The number of rotatable bonds is 15. The fraction of sp³-hybridized carbons (Fsp3) is 0.370. The fourth-order valence-corrected chi connectivity index (χ4v) is 3.74. The number of carbonyl (C=O) groups excluding carboxylic acids is 3. The smallest absolute Gasteiger partial charge is 0.326 e. The molecule has 0 aliphatic heterocycles. The van der Waals surface area contributed by atoms with Crippen molar-refractivity contribution in [2.45, 2.75) is 62.9 Å². The van der Waals surface area contributed by atoms with Crippen molar-refractivity contribution in [1.29, 1.82) is 0 Å². The molecule has 216 valence electrons. The van der Waals surface area contributed by atoms with Gasteiger partial charge in [0.25, 0.3) is 0 Å². The van der Waals surface area contributed by atoms with Crippen molar-refractivity contribution in [2.75, 3.05) is 0 Å². The number of hydrogen-bond acceptors (Lipinski definition) is 8. The van der Waals surface area contributed by atoms with Gasteiger partial charge in [0.2, 0.25) is 17.7 Å². The number of phenolic OH excluding ortho intramolecular Hbond substituents is 1. The third-order valence-corrected chi connectivity index (χ3v) is 5.97. The summed E-state index contributed by atoms with van der Waals surface area (Å²) in [5.41, 5.74) is 6.94. The van der Waals surface area contributed by atoms with Gasteiger partial charge in [0.05, 0.1) is 12.1 Å². The van der Waals surface area contributed by atoms with Crippen LogP contribution < -0.4 is 21.7 Å². The number of aliphatic hydroxyl groups excluding tert-OH is 1. The van der Waals surface area contributed by atoms with Crippen LogP contribution >= 0.6 is 0 Å². The summed E-state index contributed by atoms with van der Waals surface area (Å²) in [4.78, 5) is 61.5. The summed E-state index contributed by atoms with van der Waals surface area (Å²) < 4.78 is 0. The lowest BCUT2D eigenvalue weighted by Crippen LogP contribution is -2.60. The third-order valence-electron chi connectivity index (χ3n) is 5.97. The van der Waals surface area contributed by atoms with Crippen LogP contribution in [0.4, 0.5) is 0 Å². The zero-order valence-electron chi connectivity index (χ0n) is 21.8. The molecule has 5 atom stereocenters. The lowest BCUT2D eigenvalue weighted by Gasteiger charge is -2.26. The molecular weight excluding hydrogens is 524 g/mol. The van der Waals surface area contributed by atoms with E-state index in [-0.39, 0.29) is 31.4 Å². The van der Waals surface area contributed by atoms with E-state index in [1.165, 1.54) is 31.2 Å². The quantitative estimate of drug-likeness (QED) is 0.137. The maximum atomic E-state index is 13.2. The van der Waals surface area contributed by atoms with Crippen molar-refractivity contribution in [3.63, 3.8) is 0 Å². The van der Waals surface area contributed by atoms with Gasteiger partial charge < -0.3 is 42.1 Å². The molecule has 0 aliphatic rings. The van der Waals surface area contributed by atoms with E-state index < -0.39 is 59.9 Å². The Balaban J connectivity index is 2.18. The molecule has 13 heteroatoms. The Morgan fingerprint density at radius 3 is 1.88 bits per heavy atom.